The molecule has 3 rings (SSSR count). The van der Waals surface area contributed by atoms with Crippen LogP contribution < -0.4 is 5.32 Å². The summed E-state index contributed by atoms with van der Waals surface area (Å²) in [6.45, 7) is 1.02. The van der Waals surface area contributed by atoms with Crippen LogP contribution in [0.25, 0.3) is 0 Å². The number of hydrogen-bond acceptors (Lipinski definition) is 6. The summed E-state index contributed by atoms with van der Waals surface area (Å²) in [6.07, 6.45) is 4.34. The highest BCUT2D eigenvalue weighted by Gasteiger charge is 2.25. The Morgan fingerprint density at radius 2 is 1.58 bits per heavy atom. The Balaban J connectivity index is 1.57. The van der Waals surface area contributed by atoms with E-state index in [9.17, 15) is 24.9 Å². The van der Waals surface area contributed by atoms with Gasteiger partial charge in [0, 0.05) is 42.7 Å². The molecule has 4 N–H and O–H groups in total. The van der Waals surface area contributed by atoms with Crippen molar-refractivity contribution in [3.05, 3.63) is 47.8 Å². The van der Waals surface area contributed by atoms with E-state index in [4.69, 9.17) is 0 Å². The van der Waals surface area contributed by atoms with Crippen molar-refractivity contribution in [2.45, 2.75) is 18.9 Å². The minimum Gasteiger partial charge on any atom is -0.504 e. The monoisotopic (exact) mass is 357 g/mol. The molecule has 136 valence electrons. The molecule has 0 radical (unpaired) electrons. The molecule has 1 fully saturated rings. The van der Waals surface area contributed by atoms with E-state index in [2.05, 4.69) is 10.3 Å². The molecular weight excluding hydrogens is 338 g/mol. The molecule has 0 aliphatic carbocycles. The maximum absolute atomic E-state index is 12.4. The van der Waals surface area contributed by atoms with Gasteiger partial charge in [0.25, 0.3) is 11.8 Å². The summed E-state index contributed by atoms with van der Waals surface area (Å²) >= 11 is 0. The molecular formula is C18H19N3O5. The van der Waals surface area contributed by atoms with Gasteiger partial charge in [0.05, 0.1) is 0 Å². The minimum atomic E-state index is -0.663. The van der Waals surface area contributed by atoms with Crippen molar-refractivity contribution in [1.29, 1.82) is 0 Å². The van der Waals surface area contributed by atoms with E-state index in [0.717, 1.165) is 12.1 Å². The van der Waals surface area contributed by atoms with Crippen LogP contribution in [-0.2, 0) is 0 Å². The number of amides is 2. The van der Waals surface area contributed by atoms with Gasteiger partial charge in [0.1, 0.15) is 0 Å². The normalized spacial score (nSPS) is 14.8. The molecule has 8 nitrogen and oxygen atoms in total. The number of carbonyl (C=O) groups is 2. The second kappa shape index (κ2) is 7.30. The Bertz CT molecular complexity index is 794. The van der Waals surface area contributed by atoms with E-state index in [1.165, 1.54) is 0 Å². The van der Waals surface area contributed by atoms with E-state index in [-0.39, 0.29) is 17.5 Å². The lowest BCUT2D eigenvalue weighted by Gasteiger charge is -2.32. The van der Waals surface area contributed by atoms with Gasteiger partial charge in [-0.25, -0.2) is 0 Å². The molecule has 0 unspecified atom stereocenters. The fourth-order valence-corrected chi connectivity index (χ4v) is 2.91. The number of benzene rings is 1. The molecule has 1 aliphatic heterocycles. The lowest BCUT2D eigenvalue weighted by atomic mass is 10.0. The number of nitrogens with one attached hydrogen (secondary N) is 1. The first-order chi connectivity index (χ1) is 12.5. The Kier molecular flexibility index (Phi) is 4.92. The maximum atomic E-state index is 12.4. The number of pyridine rings is 1. The van der Waals surface area contributed by atoms with Crippen molar-refractivity contribution in [3.63, 3.8) is 0 Å². The number of hydrogen-bond donors (Lipinski definition) is 4. The highest BCUT2D eigenvalue weighted by molar-refractivity contribution is 5.96. The first-order valence-electron chi connectivity index (χ1n) is 8.21. The SMILES string of the molecule is O=C(NC1CCN(C(=O)c2ccncc2)CC1)c1cc(O)c(O)c(O)c1. The summed E-state index contributed by atoms with van der Waals surface area (Å²) in [7, 11) is 0. The van der Waals surface area contributed by atoms with E-state index in [0.29, 0.717) is 31.5 Å². The van der Waals surface area contributed by atoms with Crippen molar-refractivity contribution in [1.82, 2.24) is 15.2 Å². The van der Waals surface area contributed by atoms with Gasteiger partial charge in [-0.1, -0.05) is 0 Å². The van der Waals surface area contributed by atoms with Crippen molar-refractivity contribution < 1.29 is 24.9 Å². The van der Waals surface area contributed by atoms with Gasteiger partial charge in [-0.3, -0.25) is 14.6 Å². The molecule has 1 aromatic heterocycles. The number of phenols is 3. The molecule has 0 saturated carbocycles. The van der Waals surface area contributed by atoms with Crippen LogP contribution in [0, 0.1) is 0 Å². The molecule has 1 aliphatic rings. The smallest absolute Gasteiger partial charge is 0.253 e. The second-order valence-electron chi connectivity index (χ2n) is 6.14. The average molecular weight is 357 g/mol. The predicted molar refractivity (Wildman–Crippen MR) is 92.1 cm³/mol. The zero-order valence-electron chi connectivity index (χ0n) is 13.9. The second-order valence-corrected chi connectivity index (χ2v) is 6.14. The topological polar surface area (TPSA) is 123 Å². The Morgan fingerprint density at radius 1 is 1.00 bits per heavy atom. The molecule has 2 heterocycles. The molecule has 1 aromatic carbocycles. The van der Waals surface area contributed by atoms with Crippen molar-refractivity contribution in [2.24, 2.45) is 0 Å². The van der Waals surface area contributed by atoms with Gasteiger partial charge >= 0.3 is 0 Å². The summed E-state index contributed by atoms with van der Waals surface area (Å²) in [6, 6.07) is 5.39. The lowest BCUT2D eigenvalue weighted by Crippen LogP contribution is -2.46. The van der Waals surface area contributed by atoms with E-state index >= 15 is 0 Å². The fourth-order valence-electron chi connectivity index (χ4n) is 2.91. The number of rotatable bonds is 3. The van der Waals surface area contributed by atoms with Crippen molar-refractivity contribution >= 4 is 11.8 Å². The average Bonchev–Trinajstić information content (AvgIpc) is 2.66. The zero-order valence-corrected chi connectivity index (χ0v) is 13.9. The van der Waals surface area contributed by atoms with Crippen LogP contribution in [0.15, 0.2) is 36.7 Å². The third-order valence-electron chi connectivity index (χ3n) is 4.38. The van der Waals surface area contributed by atoms with Crippen LogP contribution >= 0.6 is 0 Å². The van der Waals surface area contributed by atoms with Crippen molar-refractivity contribution in [3.8, 4) is 17.2 Å². The van der Waals surface area contributed by atoms with Gasteiger partial charge in [-0.05, 0) is 37.1 Å². The van der Waals surface area contributed by atoms with Crippen LogP contribution in [-0.4, -0.2) is 56.1 Å². The molecule has 8 heteroatoms. The van der Waals surface area contributed by atoms with Crippen LogP contribution in [0.4, 0.5) is 0 Å². The molecule has 26 heavy (non-hydrogen) atoms. The number of carbonyl (C=O) groups excluding carboxylic acids is 2. The minimum absolute atomic E-state index is 0.0492. The highest BCUT2D eigenvalue weighted by Crippen LogP contribution is 2.35. The predicted octanol–water partition coefficient (Wildman–Crippen LogP) is 1.23. The summed E-state index contributed by atoms with van der Waals surface area (Å²) in [5.74, 6) is -2.31. The van der Waals surface area contributed by atoms with Crippen LogP contribution in [0.5, 0.6) is 17.2 Å². The van der Waals surface area contributed by atoms with Gasteiger partial charge in [-0.15, -0.1) is 0 Å². The summed E-state index contributed by atoms with van der Waals surface area (Å²) in [4.78, 5) is 30.3. The first-order valence-corrected chi connectivity index (χ1v) is 8.21. The third kappa shape index (κ3) is 3.69. The molecule has 0 atom stereocenters. The quantitative estimate of drug-likeness (QED) is 0.613. The molecule has 0 spiro atoms. The Hall–Kier alpha value is -3.29. The molecule has 2 amide bonds. The van der Waals surface area contributed by atoms with Crippen LogP contribution in [0.2, 0.25) is 0 Å². The van der Waals surface area contributed by atoms with Crippen molar-refractivity contribution in [2.75, 3.05) is 13.1 Å². The third-order valence-corrected chi connectivity index (χ3v) is 4.38. The first kappa shape index (κ1) is 17.5. The van der Waals surface area contributed by atoms with Crippen LogP contribution in [0.1, 0.15) is 33.6 Å². The zero-order chi connectivity index (χ0) is 18.7. The number of likely N-dealkylation sites (tertiary alicyclic amines) is 1. The summed E-state index contributed by atoms with van der Waals surface area (Å²) < 4.78 is 0. The number of piperidine rings is 1. The Labute approximate surface area is 149 Å². The summed E-state index contributed by atoms with van der Waals surface area (Å²) in [5, 5.41) is 31.2. The lowest BCUT2D eigenvalue weighted by molar-refractivity contribution is 0.0698. The number of nitrogens with zero attached hydrogens (tertiary/aromatic N) is 2. The van der Waals surface area contributed by atoms with Crippen LogP contribution in [0.3, 0.4) is 0 Å². The van der Waals surface area contributed by atoms with Gasteiger partial charge < -0.3 is 25.5 Å². The fraction of sp³-hybridized carbons (Fsp3) is 0.278. The molecule has 2 aromatic rings. The molecule has 0 bridgehead atoms. The number of phenolic OH excluding ortho intramolecular Hbond substituents is 3. The van der Waals surface area contributed by atoms with Gasteiger partial charge in [0.2, 0.25) is 0 Å². The number of aromatic hydroxyl groups is 3. The number of aromatic nitrogens is 1. The van der Waals surface area contributed by atoms with E-state index in [1.807, 2.05) is 0 Å². The van der Waals surface area contributed by atoms with Gasteiger partial charge in [0.15, 0.2) is 17.2 Å². The molecule has 1 saturated heterocycles. The highest BCUT2D eigenvalue weighted by atomic mass is 16.3. The standard InChI is InChI=1S/C18H19N3O5/c22-14-9-12(10-15(23)16(14)24)17(25)20-13-3-7-21(8-4-13)18(26)11-1-5-19-6-2-11/h1-2,5-6,9-10,13,22-24H,3-4,7-8H2,(H,20,25). The van der Waals surface area contributed by atoms with E-state index < -0.39 is 23.2 Å². The summed E-state index contributed by atoms with van der Waals surface area (Å²) in [5.41, 5.74) is 0.630. The largest absolute Gasteiger partial charge is 0.504 e. The van der Waals surface area contributed by atoms with Gasteiger partial charge in [-0.2, -0.15) is 0 Å². The maximum Gasteiger partial charge on any atom is 0.253 e. The Morgan fingerprint density at radius 3 is 2.15 bits per heavy atom. The van der Waals surface area contributed by atoms with E-state index in [1.54, 1.807) is 29.4 Å².